The highest BCUT2D eigenvalue weighted by Crippen LogP contribution is 2.34. The second-order valence-corrected chi connectivity index (χ2v) is 7.73. The fourth-order valence-corrected chi connectivity index (χ4v) is 4.61. The number of nitrogens with one attached hydrogen (secondary N) is 1. The summed E-state index contributed by atoms with van der Waals surface area (Å²) in [7, 11) is -3.70. The molecule has 19 heavy (non-hydrogen) atoms. The molecule has 0 unspecified atom stereocenters. The van der Waals surface area contributed by atoms with Crippen LogP contribution in [0.3, 0.4) is 0 Å². The van der Waals surface area contributed by atoms with Gasteiger partial charge < -0.3 is 5.73 Å². The van der Waals surface area contributed by atoms with Crippen LogP contribution in [0, 0.1) is 0 Å². The first-order valence-corrected chi connectivity index (χ1v) is 8.23. The van der Waals surface area contributed by atoms with Gasteiger partial charge in [0.05, 0.1) is 4.34 Å². The lowest BCUT2D eigenvalue weighted by molar-refractivity contribution is 0.582. The standard InChI is InChI=1S/C11H10Cl2N2O2S2/c12-10-5-9(11(13)18-10)19(16,17)15-6-7-3-1-2-4-8(7)14/h1-5,15H,6,14H2. The molecule has 8 heteroatoms. The van der Waals surface area contributed by atoms with E-state index in [0.717, 1.165) is 11.3 Å². The molecule has 1 aromatic heterocycles. The molecule has 0 aliphatic carbocycles. The summed E-state index contributed by atoms with van der Waals surface area (Å²) in [5, 5.41) is 0. The molecule has 1 aromatic carbocycles. The Morgan fingerprint density at radius 3 is 2.53 bits per heavy atom. The smallest absolute Gasteiger partial charge is 0.243 e. The van der Waals surface area contributed by atoms with Crippen molar-refractivity contribution in [3.05, 3.63) is 44.6 Å². The maximum Gasteiger partial charge on any atom is 0.243 e. The zero-order valence-corrected chi connectivity index (χ0v) is 12.7. The van der Waals surface area contributed by atoms with Crippen LogP contribution in [0.15, 0.2) is 35.2 Å². The van der Waals surface area contributed by atoms with E-state index >= 15 is 0 Å². The van der Waals surface area contributed by atoms with Crippen LogP contribution in [-0.4, -0.2) is 8.42 Å². The van der Waals surface area contributed by atoms with Crippen LogP contribution >= 0.6 is 34.5 Å². The fourth-order valence-electron chi connectivity index (χ4n) is 1.45. The quantitative estimate of drug-likeness (QED) is 0.842. The first-order valence-electron chi connectivity index (χ1n) is 5.18. The van der Waals surface area contributed by atoms with Gasteiger partial charge in [-0.2, -0.15) is 0 Å². The first kappa shape index (κ1) is 14.6. The predicted molar refractivity (Wildman–Crippen MR) is 79.2 cm³/mol. The second-order valence-electron chi connectivity index (χ2n) is 3.71. The largest absolute Gasteiger partial charge is 0.398 e. The highest BCUT2D eigenvalue weighted by molar-refractivity contribution is 7.89. The Morgan fingerprint density at radius 2 is 1.95 bits per heavy atom. The summed E-state index contributed by atoms with van der Waals surface area (Å²) in [6, 6.07) is 8.35. The van der Waals surface area contributed by atoms with Crippen molar-refractivity contribution in [3.8, 4) is 0 Å². The number of benzene rings is 1. The highest BCUT2D eigenvalue weighted by Gasteiger charge is 2.20. The van der Waals surface area contributed by atoms with Gasteiger partial charge in [0, 0.05) is 12.2 Å². The number of rotatable bonds is 4. The number of sulfonamides is 1. The number of nitrogens with two attached hydrogens (primary N) is 1. The van der Waals surface area contributed by atoms with E-state index in [9.17, 15) is 8.42 Å². The summed E-state index contributed by atoms with van der Waals surface area (Å²) >= 11 is 12.6. The van der Waals surface area contributed by atoms with E-state index in [1.54, 1.807) is 24.3 Å². The normalized spacial score (nSPS) is 11.7. The third kappa shape index (κ3) is 3.40. The maximum absolute atomic E-state index is 12.1. The number of para-hydroxylation sites is 1. The molecule has 2 aromatic rings. The summed E-state index contributed by atoms with van der Waals surface area (Å²) < 4.78 is 27.0. The molecule has 2 rings (SSSR count). The third-order valence-electron chi connectivity index (χ3n) is 2.42. The summed E-state index contributed by atoms with van der Waals surface area (Å²) in [5.74, 6) is 0. The van der Waals surface area contributed by atoms with Gasteiger partial charge in [-0.15, -0.1) is 11.3 Å². The first-order chi connectivity index (χ1) is 8.90. The van der Waals surface area contributed by atoms with E-state index in [-0.39, 0.29) is 15.8 Å². The van der Waals surface area contributed by atoms with Crippen LogP contribution in [0.5, 0.6) is 0 Å². The molecule has 0 saturated carbocycles. The molecular formula is C11H10Cl2N2O2S2. The summed E-state index contributed by atoms with van der Waals surface area (Å²) in [5.41, 5.74) is 6.97. The fraction of sp³-hybridized carbons (Fsp3) is 0.0909. The average molecular weight is 337 g/mol. The predicted octanol–water partition coefficient (Wildman–Crippen LogP) is 3.12. The van der Waals surface area contributed by atoms with Crippen molar-refractivity contribution in [3.63, 3.8) is 0 Å². The molecule has 4 nitrogen and oxygen atoms in total. The zero-order valence-electron chi connectivity index (χ0n) is 9.56. The molecule has 0 atom stereocenters. The lowest BCUT2D eigenvalue weighted by Gasteiger charge is -2.07. The summed E-state index contributed by atoms with van der Waals surface area (Å²) in [6.07, 6.45) is 0. The average Bonchev–Trinajstić information content (AvgIpc) is 2.68. The lowest BCUT2D eigenvalue weighted by Crippen LogP contribution is -2.23. The van der Waals surface area contributed by atoms with Crippen molar-refractivity contribution in [1.82, 2.24) is 4.72 Å². The minimum absolute atomic E-state index is 0.0151. The number of nitrogen functional groups attached to an aromatic ring is 1. The van der Waals surface area contributed by atoms with Gasteiger partial charge in [0.15, 0.2) is 0 Å². The number of halogens is 2. The Kier molecular flexibility index (Phi) is 4.37. The number of hydrogen-bond acceptors (Lipinski definition) is 4. The van der Waals surface area contributed by atoms with Crippen LogP contribution in [0.2, 0.25) is 8.67 Å². The Hall–Kier alpha value is -0.790. The molecule has 102 valence electrons. The highest BCUT2D eigenvalue weighted by atomic mass is 35.5. The molecule has 0 fully saturated rings. The summed E-state index contributed by atoms with van der Waals surface area (Å²) in [6.45, 7) is 0.0960. The van der Waals surface area contributed by atoms with E-state index in [0.29, 0.717) is 15.6 Å². The van der Waals surface area contributed by atoms with E-state index in [2.05, 4.69) is 4.72 Å². The Morgan fingerprint density at radius 1 is 1.26 bits per heavy atom. The van der Waals surface area contributed by atoms with Crippen molar-refractivity contribution in [2.24, 2.45) is 0 Å². The maximum atomic E-state index is 12.1. The molecule has 0 bridgehead atoms. The molecule has 0 spiro atoms. The van der Waals surface area contributed by atoms with Gasteiger partial charge in [-0.3, -0.25) is 0 Å². The van der Waals surface area contributed by atoms with Crippen LogP contribution in [0.4, 0.5) is 5.69 Å². The van der Waals surface area contributed by atoms with Gasteiger partial charge in [-0.05, 0) is 17.7 Å². The van der Waals surface area contributed by atoms with E-state index in [1.165, 1.54) is 6.07 Å². The molecule has 0 amide bonds. The second kappa shape index (κ2) is 5.68. The third-order valence-corrected chi connectivity index (χ3v) is 5.58. The van der Waals surface area contributed by atoms with Crippen LogP contribution in [-0.2, 0) is 16.6 Å². The molecular weight excluding hydrogens is 327 g/mol. The van der Waals surface area contributed by atoms with Gasteiger partial charge in [-0.25, -0.2) is 13.1 Å². The van der Waals surface area contributed by atoms with Gasteiger partial charge in [0.25, 0.3) is 0 Å². The topological polar surface area (TPSA) is 72.2 Å². The Labute approximate surface area is 125 Å². The lowest BCUT2D eigenvalue weighted by atomic mass is 10.2. The van der Waals surface area contributed by atoms with Gasteiger partial charge in [0.2, 0.25) is 10.0 Å². The van der Waals surface area contributed by atoms with Gasteiger partial charge in [-0.1, -0.05) is 41.4 Å². The van der Waals surface area contributed by atoms with Crippen LogP contribution in [0.25, 0.3) is 0 Å². The molecule has 0 aliphatic rings. The van der Waals surface area contributed by atoms with Crippen LogP contribution in [0.1, 0.15) is 5.56 Å². The van der Waals surface area contributed by atoms with Crippen molar-refractivity contribution >= 4 is 50.2 Å². The molecule has 3 N–H and O–H groups in total. The number of thiophene rings is 1. The van der Waals surface area contributed by atoms with Gasteiger partial charge >= 0.3 is 0 Å². The Balaban J connectivity index is 2.19. The zero-order chi connectivity index (χ0) is 14.0. The van der Waals surface area contributed by atoms with Crippen molar-refractivity contribution in [2.75, 3.05) is 5.73 Å². The van der Waals surface area contributed by atoms with Crippen molar-refractivity contribution in [1.29, 1.82) is 0 Å². The summed E-state index contributed by atoms with van der Waals surface area (Å²) in [4.78, 5) is -0.0151. The Bertz CT molecular complexity index is 698. The molecule has 0 saturated heterocycles. The molecule has 0 aliphatic heterocycles. The number of hydrogen-bond donors (Lipinski definition) is 2. The minimum atomic E-state index is -3.70. The molecule has 0 radical (unpaired) electrons. The van der Waals surface area contributed by atoms with Crippen molar-refractivity contribution in [2.45, 2.75) is 11.4 Å². The number of anilines is 1. The van der Waals surface area contributed by atoms with Crippen LogP contribution < -0.4 is 10.5 Å². The van der Waals surface area contributed by atoms with E-state index in [4.69, 9.17) is 28.9 Å². The monoisotopic (exact) mass is 336 g/mol. The van der Waals surface area contributed by atoms with Crippen molar-refractivity contribution < 1.29 is 8.42 Å². The minimum Gasteiger partial charge on any atom is -0.398 e. The van der Waals surface area contributed by atoms with E-state index < -0.39 is 10.0 Å². The van der Waals surface area contributed by atoms with E-state index in [1.807, 2.05) is 0 Å². The SMILES string of the molecule is Nc1ccccc1CNS(=O)(=O)c1cc(Cl)sc1Cl. The van der Waals surface area contributed by atoms with Gasteiger partial charge in [0.1, 0.15) is 9.23 Å². The molecule has 1 heterocycles.